The fourth-order valence-electron chi connectivity index (χ4n) is 3.00. The third-order valence-corrected chi connectivity index (χ3v) is 5.60. The molecule has 4 rings (SSSR count). The first kappa shape index (κ1) is 20.2. The molecule has 0 saturated carbocycles. The lowest BCUT2D eigenvalue weighted by Gasteiger charge is -2.14. The average molecular weight is 427 g/mol. The van der Waals surface area contributed by atoms with Gasteiger partial charge in [0.25, 0.3) is 0 Å². The lowest BCUT2D eigenvalue weighted by molar-refractivity contribution is -0.145. The number of hydrogen-bond acceptors (Lipinski definition) is 4. The first-order valence-electron chi connectivity index (χ1n) is 9.11. The van der Waals surface area contributed by atoms with Crippen molar-refractivity contribution < 1.29 is 18.0 Å². The summed E-state index contributed by atoms with van der Waals surface area (Å²) >= 11 is 0.971. The number of rotatable bonds is 4. The van der Waals surface area contributed by atoms with Crippen LogP contribution in [0, 0.1) is 0 Å². The maximum atomic E-state index is 13.2. The van der Waals surface area contributed by atoms with Crippen molar-refractivity contribution in [3.8, 4) is 0 Å². The highest BCUT2D eigenvalue weighted by molar-refractivity contribution is 8.00. The standard InChI is InChI=1S/C22H16F3N3OS/c1-13(19(29)26-16-11-10-14-6-2-3-7-15(14)12-16)30-20-17-8-4-5-9-18(17)27-21(28-20)22(23,24)25/h2-13H,1H3,(H,26,29). The first-order chi connectivity index (χ1) is 14.3. The third-order valence-electron chi connectivity index (χ3n) is 4.50. The molecular weight excluding hydrogens is 411 g/mol. The molecule has 30 heavy (non-hydrogen) atoms. The Morgan fingerprint density at radius 3 is 2.43 bits per heavy atom. The Hall–Kier alpha value is -3.13. The van der Waals surface area contributed by atoms with E-state index in [0.29, 0.717) is 11.1 Å². The van der Waals surface area contributed by atoms with Gasteiger partial charge in [-0.1, -0.05) is 60.3 Å². The molecule has 1 heterocycles. The molecule has 1 amide bonds. The Morgan fingerprint density at radius 2 is 1.67 bits per heavy atom. The van der Waals surface area contributed by atoms with Crippen molar-refractivity contribution in [2.75, 3.05) is 5.32 Å². The molecule has 0 aliphatic rings. The molecule has 0 bridgehead atoms. The Bertz CT molecular complexity index is 1240. The van der Waals surface area contributed by atoms with Crippen LogP contribution in [-0.4, -0.2) is 21.1 Å². The Morgan fingerprint density at radius 1 is 0.967 bits per heavy atom. The van der Waals surface area contributed by atoms with Crippen LogP contribution >= 0.6 is 11.8 Å². The van der Waals surface area contributed by atoms with Crippen molar-refractivity contribution in [2.45, 2.75) is 23.4 Å². The van der Waals surface area contributed by atoms with E-state index in [1.54, 1.807) is 31.2 Å². The van der Waals surface area contributed by atoms with E-state index in [1.807, 2.05) is 36.4 Å². The fourth-order valence-corrected chi connectivity index (χ4v) is 3.94. The summed E-state index contributed by atoms with van der Waals surface area (Å²) in [6, 6.07) is 19.7. The second kappa shape index (κ2) is 7.95. The highest BCUT2D eigenvalue weighted by Crippen LogP contribution is 2.34. The predicted molar refractivity (Wildman–Crippen MR) is 112 cm³/mol. The molecule has 0 saturated heterocycles. The minimum absolute atomic E-state index is 0.120. The van der Waals surface area contributed by atoms with Crippen molar-refractivity contribution in [1.29, 1.82) is 0 Å². The van der Waals surface area contributed by atoms with Gasteiger partial charge in [0, 0.05) is 11.1 Å². The highest BCUT2D eigenvalue weighted by atomic mass is 32.2. The molecule has 1 unspecified atom stereocenters. The van der Waals surface area contributed by atoms with Crippen LogP contribution in [0.15, 0.2) is 71.8 Å². The van der Waals surface area contributed by atoms with Crippen LogP contribution in [0.2, 0.25) is 0 Å². The summed E-state index contributed by atoms with van der Waals surface area (Å²) in [6.07, 6.45) is -4.67. The monoisotopic (exact) mass is 427 g/mol. The van der Waals surface area contributed by atoms with E-state index in [1.165, 1.54) is 6.07 Å². The first-order valence-corrected chi connectivity index (χ1v) is 9.99. The topological polar surface area (TPSA) is 54.9 Å². The number of halogens is 3. The van der Waals surface area contributed by atoms with E-state index >= 15 is 0 Å². The van der Waals surface area contributed by atoms with Crippen molar-refractivity contribution in [1.82, 2.24) is 9.97 Å². The summed E-state index contributed by atoms with van der Waals surface area (Å²) in [5.74, 6) is -1.54. The molecule has 152 valence electrons. The van der Waals surface area contributed by atoms with Crippen molar-refractivity contribution in [2.24, 2.45) is 0 Å². The Balaban J connectivity index is 1.58. The molecule has 0 fully saturated rings. The molecule has 0 aliphatic heterocycles. The zero-order chi connectivity index (χ0) is 21.3. The van der Waals surface area contributed by atoms with Crippen LogP contribution in [-0.2, 0) is 11.0 Å². The maximum Gasteiger partial charge on any atom is 0.451 e. The molecule has 8 heteroatoms. The number of amides is 1. The maximum absolute atomic E-state index is 13.2. The number of carbonyl (C=O) groups excluding carboxylic acids is 1. The summed E-state index contributed by atoms with van der Waals surface area (Å²) < 4.78 is 39.6. The van der Waals surface area contributed by atoms with Gasteiger partial charge >= 0.3 is 6.18 Å². The highest BCUT2D eigenvalue weighted by Gasteiger charge is 2.36. The summed E-state index contributed by atoms with van der Waals surface area (Å²) in [4.78, 5) is 20.0. The van der Waals surface area contributed by atoms with Crippen LogP contribution in [0.25, 0.3) is 21.7 Å². The van der Waals surface area contributed by atoms with Gasteiger partial charge in [-0.2, -0.15) is 13.2 Å². The summed E-state index contributed by atoms with van der Waals surface area (Å²) in [6.45, 7) is 1.63. The van der Waals surface area contributed by atoms with Crippen LogP contribution in [0.5, 0.6) is 0 Å². The normalized spacial score (nSPS) is 12.8. The lowest BCUT2D eigenvalue weighted by atomic mass is 10.1. The molecule has 0 aliphatic carbocycles. The second-order valence-electron chi connectivity index (χ2n) is 6.68. The zero-order valence-corrected chi connectivity index (χ0v) is 16.6. The van der Waals surface area contributed by atoms with Crippen LogP contribution < -0.4 is 5.32 Å². The average Bonchev–Trinajstić information content (AvgIpc) is 2.73. The number of aromatic nitrogens is 2. The molecular formula is C22H16F3N3OS. The fraction of sp³-hybridized carbons (Fsp3) is 0.136. The molecule has 3 aromatic carbocycles. The van der Waals surface area contributed by atoms with E-state index in [0.717, 1.165) is 22.5 Å². The predicted octanol–water partition coefficient (Wildman–Crippen LogP) is 5.92. The van der Waals surface area contributed by atoms with Gasteiger partial charge in [-0.25, -0.2) is 9.97 Å². The summed E-state index contributed by atoms with van der Waals surface area (Å²) in [5, 5.41) is 4.77. The van der Waals surface area contributed by atoms with E-state index in [4.69, 9.17) is 0 Å². The number of nitrogens with one attached hydrogen (secondary N) is 1. The number of fused-ring (bicyclic) bond motifs is 2. The lowest BCUT2D eigenvalue weighted by Crippen LogP contribution is -2.22. The quantitative estimate of drug-likeness (QED) is 0.324. The minimum atomic E-state index is -4.67. The largest absolute Gasteiger partial charge is 0.451 e. The van der Waals surface area contributed by atoms with Gasteiger partial charge < -0.3 is 5.32 Å². The number of benzene rings is 3. The minimum Gasteiger partial charge on any atom is -0.325 e. The Labute approximate surface area is 174 Å². The van der Waals surface area contributed by atoms with Crippen molar-refractivity contribution in [3.63, 3.8) is 0 Å². The van der Waals surface area contributed by atoms with Crippen LogP contribution in [0.3, 0.4) is 0 Å². The molecule has 1 aromatic heterocycles. The molecule has 4 nitrogen and oxygen atoms in total. The van der Waals surface area contributed by atoms with Gasteiger partial charge in [0.15, 0.2) is 0 Å². The van der Waals surface area contributed by atoms with Gasteiger partial charge in [-0.15, -0.1) is 0 Å². The van der Waals surface area contributed by atoms with Gasteiger partial charge in [0.05, 0.1) is 10.8 Å². The zero-order valence-electron chi connectivity index (χ0n) is 15.8. The number of para-hydroxylation sites is 1. The SMILES string of the molecule is CC(Sc1nc(C(F)(F)F)nc2ccccc12)C(=O)Nc1ccc2ccccc2c1. The number of nitrogens with zero attached hydrogens (tertiary/aromatic N) is 2. The van der Waals surface area contributed by atoms with Gasteiger partial charge in [0.2, 0.25) is 11.7 Å². The van der Waals surface area contributed by atoms with E-state index in [2.05, 4.69) is 15.3 Å². The van der Waals surface area contributed by atoms with E-state index in [9.17, 15) is 18.0 Å². The summed E-state index contributed by atoms with van der Waals surface area (Å²) in [7, 11) is 0. The molecule has 1 N–H and O–H groups in total. The van der Waals surface area contributed by atoms with E-state index in [-0.39, 0.29) is 16.4 Å². The molecule has 0 spiro atoms. The number of anilines is 1. The van der Waals surface area contributed by atoms with Gasteiger partial charge in [-0.3, -0.25) is 4.79 Å². The number of carbonyl (C=O) groups is 1. The third kappa shape index (κ3) is 4.23. The smallest absolute Gasteiger partial charge is 0.325 e. The van der Waals surface area contributed by atoms with E-state index < -0.39 is 17.3 Å². The number of thioether (sulfide) groups is 1. The molecule has 1 atom stereocenters. The van der Waals surface area contributed by atoms with Gasteiger partial charge in [-0.05, 0) is 35.9 Å². The van der Waals surface area contributed by atoms with Crippen LogP contribution in [0.4, 0.5) is 18.9 Å². The second-order valence-corrected chi connectivity index (χ2v) is 8.01. The van der Waals surface area contributed by atoms with Crippen LogP contribution in [0.1, 0.15) is 12.7 Å². The summed E-state index contributed by atoms with van der Waals surface area (Å²) in [5.41, 5.74) is 0.805. The molecule has 4 aromatic rings. The molecule has 0 radical (unpaired) electrons. The van der Waals surface area contributed by atoms with Gasteiger partial charge in [0.1, 0.15) is 5.03 Å². The number of alkyl halides is 3. The number of hydrogen-bond donors (Lipinski definition) is 1. The van der Waals surface area contributed by atoms with Crippen molar-refractivity contribution >= 4 is 45.0 Å². The Kier molecular flexibility index (Phi) is 5.34. The van der Waals surface area contributed by atoms with Crippen molar-refractivity contribution in [3.05, 3.63) is 72.6 Å².